The average Bonchev–Trinajstić information content (AvgIpc) is 2.37. The van der Waals surface area contributed by atoms with E-state index in [2.05, 4.69) is 50.2 Å². The number of nitrogens with zero attached hydrogens (tertiary/aromatic N) is 1. The Balaban J connectivity index is 4.05. The van der Waals surface area contributed by atoms with Gasteiger partial charge in [-0.05, 0) is 32.6 Å². The lowest BCUT2D eigenvalue weighted by Crippen LogP contribution is -2.39. The number of ether oxygens (including phenoxy) is 1. The number of aliphatic imine (C=N–C) groups is 1. The minimum atomic E-state index is 0.330. The van der Waals surface area contributed by atoms with Crippen LogP contribution in [0.5, 0.6) is 0 Å². The monoisotopic (exact) mass is 271 g/mol. The Kier molecular flexibility index (Phi) is 11.8. The molecule has 4 heteroatoms. The molecule has 0 aromatic rings. The normalized spacial score (nSPS) is 13.7. The molecule has 0 rings (SSSR count). The zero-order valence-electron chi connectivity index (χ0n) is 13.5. The van der Waals surface area contributed by atoms with Crippen molar-refractivity contribution in [3.8, 4) is 0 Å². The molecule has 0 aromatic carbocycles. The molecule has 0 aromatic heterocycles. The molecule has 0 heterocycles. The summed E-state index contributed by atoms with van der Waals surface area (Å²) in [7, 11) is 0. The van der Waals surface area contributed by atoms with Gasteiger partial charge in [-0.15, -0.1) is 0 Å². The molecule has 19 heavy (non-hydrogen) atoms. The Hall–Kier alpha value is -0.770. The van der Waals surface area contributed by atoms with E-state index in [1.807, 2.05) is 0 Å². The average molecular weight is 271 g/mol. The first-order valence-electron chi connectivity index (χ1n) is 7.79. The van der Waals surface area contributed by atoms with Gasteiger partial charge < -0.3 is 15.4 Å². The van der Waals surface area contributed by atoms with Crippen LogP contribution in [0.4, 0.5) is 0 Å². The molecule has 0 radical (unpaired) electrons. The van der Waals surface area contributed by atoms with Gasteiger partial charge in [0, 0.05) is 26.2 Å². The van der Waals surface area contributed by atoms with E-state index in [0.29, 0.717) is 12.0 Å². The SMILES string of the molecule is CCCCN=C(NCC)NCCC(OCC)C(C)C. The first-order valence-corrected chi connectivity index (χ1v) is 7.79. The van der Waals surface area contributed by atoms with Crippen molar-refractivity contribution in [3.05, 3.63) is 0 Å². The number of hydrogen-bond acceptors (Lipinski definition) is 2. The summed E-state index contributed by atoms with van der Waals surface area (Å²) >= 11 is 0. The van der Waals surface area contributed by atoms with Crippen molar-refractivity contribution >= 4 is 5.96 Å². The van der Waals surface area contributed by atoms with Crippen molar-refractivity contribution in [2.24, 2.45) is 10.9 Å². The lowest BCUT2D eigenvalue weighted by atomic mass is 10.0. The third-order valence-corrected chi connectivity index (χ3v) is 2.97. The smallest absolute Gasteiger partial charge is 0.191 e. The van der Waals surface area contributed by atoms with Crippen molar-refractivity contribution in [1.82, 2.24) is 10.6 Å². The van der Waals surface area contributed by atoms with Crippen LogP contribution in [0.1, 0.15) is 53.9 Å². The van der Waals surface area contributed by atoms with Gasteiger partial charge in [0.1, 0.15) is 0 Å². The van der Waals surface area contributed by atoms with Crippen LogP contribution in [-0.2, 0) is 4.74 Å². The highest BCUT2D eigenvalue weighted by Gasteiger charge is 2.12. The molecule has 0 bridgehead atoms. The fourth-order valence-electron chi connectivity index (χ4n) is 1.85. The lowest BCUT2D eigenvalue weighted by molar-refractivity contribution is 0.0258. The molecule has 0 aliphatic heterocycles. The zero-order chi connectivity index (χ0) is 14.5. The molecular formula is C15H33N3O. The predicted octanol–water partition coefficient (Wildman–Crippen LogP) is 2.79. The summed E-state index contributed by atoms with van der Waals surface area (Å²) in [5.74, 6) is 1.48. The fourth-order valence-corrected chi connectivity index (χ4v) is 1.85. The number of nitrogens with one attached hydrogen (secondary N) is 2. The van der Waals surface area contributed by atoms with Gasteiger partial charge in [0.15, 0.2) is 5.96 Å². The maximum atomic E-state index is 5.74. The molecule has 114 valence electrons. The quantitative estimate of drug-likeness (QED) is 0.365. The summed E-state index contributed by atoms with van der Waals surface area (Å²) in [5, 5.41) is 6.66. The summed E-state index contributed by atoms with van der Waals surface area (Å²) in [4.78, 5) is 4.54. The van der Waals surface area contributed by atoms with Gasteiger partial charge >= 0.3 is 0 Å². The first-order chi connectivity index (χ1) is 9.15. The van der Waals surface area contributed by atoms with Crippen molar-refractivity contribution < 1.29 is 4.74 Å². The summed E-state index contributed by atoms with van der Waals surface area (Å²) < 4.78 is 5.74. The van der Waals surface area contributed by atoms with Gasteiger partial charge in [0.05, 0.1) is 6.10 Å². The standard InChI is InChI=1S/C15H33N3O/c1-6-9-11-17-15(16-7-2)18-12-10-14(13(4)5)19-8-3/h13-14H,6-12H2,1-5H3,(H2,16,17,18). The van der Waals surface area contributed by atoms with Crippen molar-refractivity contribution in [2.45, 2.75) is 60.0 Å². The van der Waals surface area contributed by atoms with Gasteiger partial charge in [-0.25, -0.2) is 0 Å². The second-order valence-corrected chi connectivity index (χ2v) is 5.07. The van der Waals surface area contributed by atoms with Gasteiger partial charge in [-0.3, -0.25) is 4.99 Å². The van der Waals surface area contributed by atoms with E-state index in [-0.39, 0.29) is 0 Å². The van der Waals surface area contributed by atoms with Crippen LogP contribution in [0.2, 0.25) is 0 Å². The molecule has 1 unspecified atom stereocenters. The molecule has 0 aliphatic carbocycles. The van der Waals surface area contributed by atoms with Crippen molar-refractivity contribution in [1.29, 1.82) is 0 Å². The van der Waals surface area contributed by atoms with Crippen LogP contribution in [0.25, 0.3) is 0 Å². The zero-order valence-corrected chi connectivity index (χ0v) is 13.5. The van der Waals surface area contributed by atoms with E-state index in [0.717, 1.165) is 45.0 Å². The van der Waals surface area contributed by atoms with Gasteiger partial charge in [-0.1, -0.05) is 27.2 Å². The lowest BCUT2D eigenvalue weighted by Gasteiger charge is -2.21. The summed E-state index contributed by atoms with van der Waals surface area (Å²) in [6, 6.07) is 0. The summed E-state index contributed by atoms with van der Waals surface area (Å²) in [6.45, 7) is 14.2. The molecule has 0 fully saturated rings. The van der Waals surface area contributed by atoms with Gasteiger partial charge in [0.2, 0.25) is 0 Å². The van der Waals surface area contributed by atoms with Crippen LogP contribution in [0.15, 0.2) is 4.99 Å². The molecule has 0 aliphatic rings. The molecule has 2 N–H and O–H groups in total. The minimum Gasteiger partial charge on any atom is -0.378 e. The summed E-state index contributed by atoms with van der Waals surface area (Å²) in [5.41, 5.74) is 0. The molecule has 1 atom stereocenters. The third kappa shape index (κ3) is 9.77. The molecule has 0 saturated heterocycles. The molecule has 4 nitrogen and oxygen atoms in total. The fraction of sp³-hybridized carbons (Fsp3) is 0.933. The minimum absolute atomic E-state index is 0.330. The molecule has 0 saturated carbocycles. The van der Waals surface area contributed by atoms with Crippen LogP contribution in [0.3, 0.4) is 0 Å². The Morgan fingerprint density at radius 1 is 1.16 bits per heavy atom. The molecule has 0 amide bonds. The Morgan fingerprint density at radius 3 is 2.42 bits per heavy atom. The van der Waals surface area contributed by atoms with Gasteiger partial charge in [-0.2, -0.15) is 0 Å². The third-order valence-electron chi connectivity index (χ3n) is 2.97. The second kappa shape index (κ2) is 12.3. The topological polar surface area (TPSA) is 45.7 Å². The number of guanidine groups is 1. The molecular weight excluding hydrogens is 238 g/mol. The second-order valence-electron chi connectivity index (χ2n) is 5.07. The maximum Gasteiger partial charge on any atom is 0.191 e. The highest BCUT2D eigenvalue weighted by molar-refractivity contribution is 5.79. The van der Waals surface area contributed by atoms with Crippen LogP contribution >= 0.6 is 0 Å². The van der Waals surface area contributed by atoms with Gasteiger partial charge in [0.25, 0.3) is 0 Å². The van der Waals surface area contributed by atoms with E-state index in [1.165, 1.54) is 6.42 Å². The predicted molar refractivity (Wildman–Crippen MR) is 83.8 cm³/mol. The van der Waals surface area contributed by atoms with Crippen molar-refractivity contribution in [2.75, 3.05) is 26.2 Å². The number of hydrogen-bond donors (Lipinski definition) is 2. The number of unbranched alkanes of at least 4 members (excludes halogenated alkanes) is 1. The molecule has 0 spiro atoms. The highest BCUT2D eigenvalue weighted by atomic mass is 16.5. The number of rotatable bonds is 10. The Morgan fingerprint density at radius 2 is 1.89 bits per heavy atom. The van der Waals surface area contributed by atoms with E-state index in [4.69, 9.17) is 4.74 Å². The van der Waals surface area contributed by atoms with Crippen LogP contribution in [0, 0.1) is 5.92 Å². The van der Waals surface area contributed by atoms with E-state index in [1.54, 1.807) is 0 Å². The van der Waals surface area contributed by atoms with Crippen LogP contribution < -0.4 is 10.6 Å². The van der Waals surface area contributed by atoms with E-state index < -0.39 is 0 Å². The van der Waals surface area contributed by atoms with E-state index in [9.17, 15) is 0 Å². The Labute approximate surface area is 119 Å². The first kappa shape index (κ1) is 18.2. The Bertz CT molecular complexity index is 229. The largest absolute Gasteiger partial charge is 0.378 e. The van der Waals surface area contributed by atoms with Crippen molar-refractivity contribution in [3.63, 3.8) is 0 Å². The highest BCUT2D eigenvalue weighted by Crippen LogP contribution is 2.09. The summed E-state index contributed by atoms with van der Waals surface area (Å²) in [6.07, 6.45) is 3.67. The maximum absolute atomic E-state index is 5.74. The van der Waals surface area contributed by atoms with E-state index >= 15 is 0 Å². The van der Waals surface area contributed by atoms with Crippen LogP contribution in [-0.4, -0.2) is 38.3 Å².